The van der Waals surface area contributed by atoms with Gasteiger partial charge in [0.15, 0.2) is 0 Å². The van der Waals surface area contributed by atoms with Gasteiger partial charge in [0.2, 0.25) is 5.91 Å². The lowest BCUT2D eigenvalue weighted by Gasteiger charge is -2.23. The molecule has 0 saturated heterocycles. The van der Waals surface area contributed by atoms with Gasteiger partial charge in [-0.2, -0.15) is 9.59 Å². The van der Waals surface area contributed by atoms with Crippen LogP contribution in [-0.4, -0.2) is 17.0 Å². The van der Waals surface area contributed by atoms with Crippen molar-refractivity contribution < 1.29 is 14.4 Å². The van der Waals surface area contributed by atoms with Crippen LogP contribution < -0.4 is 5.32 Å². The van der Waals surface area contributed by atoms with Gasteiger partial charge in [0, 0.05) is 28.3 Å². The Morgan fingerprint density at radius 3 is 2.50 bits per heavy atom. The van der Waals surface area contributed by atoms with Crippen molar-refractivity contribution in [3.05, 3.63) is 47.1 Å². The van der Waals surface area contributed by atoms with E-state index in [1.165, 1.54) is 0 Å². The fourth-order valence-corrected chi connectivity index (χ4v) is 2.61. The van der Waals surface area contributed by atoms with Crippen LogP contribution in [-0.2, 0) is 14.4 Å². The second-order valence-corrected chi connectivity index (χ2v) is 6.02. The van der Waals surface area contributed by atoms with Crippen LogP contribution in [0.4, 0.5) is 5.82 Å². The summed E-state index contributed by atoms with van der Waals surface area (Å²) in [6.45, 7) is 2.03. The fourth-order valence-electron chi connectivity index (χ4n) is 2.39. The SMILES string of the molecule is Cc1ccc(Cl)c(-c2ccc(NC(=O)C3CCC3)nc2)c1.O=C=O. The van der Waals surface area contributed by atoms with Crippen LogP contribution in [0.15, 0.2) is 36.5 Å². The summed E-state index contributed by atoms with van der Waals surface area (Å²) in [6.07, 6.45) is 5.12. The summed E-state index contributed by atoms with van der Waals surface area (Å²) in [4.78, 5) is 32.4. The van der Waals surface area contributed by atoms with E-state index in [9.17, 15) is 4.79 Å². The van der Waals surface area contributed by atoms with Crippen LogP contribution in [0, 0.1) is 12.8 Å². The Bertz CT molecular complexity index is 749. The van der Waals surface area contributed by atoms with Gasteiger partial charge in [-0.05, 0) is 44.0 Å². The van der Waals surface area contributed by atoms with Crippen LogP contribution in [0.3, 0.4) is 0 Å². The van der Waals surface area contributed by atoms with Crippen molar-refractivity contribution in [2.75, 3.05) is 5.32 Å². The monoisotopic (exact) mass is 344 g/mol. The zero-order valence-electron chi connectivity index (χ0n) is 13.2. The third-order valence-corrected chi connectivity index (χ3v) is 4.25. The lowest BCUT2D eigenvalue weighted by atomic mass is 9.85. The van der Waals surface area contributed by atoms with Crippen molar-refractivity contribution in [2.45, 2.75) is 26.2 Å². The number of aromatic nitrogens is 1. The highest BCUT2D eigenvalue weighted by molar-refractivity contribution is 6.33. The minimum absolute atomic E-state index is 0.0788. The van der Waals surface area contributed by atoms with Crippen molar-refractivity contribution in [1.82, 2.24) is 4.98 Å². The van der Waals surface area contributed by atoms with Crippen molar-refractivity contribution in [1.29, 1.82) is 0 Å². The molecule has 1 N–H and O–H groups in total. The van der Waals surface area contributed by atoms with Gasteiger partial charge in [-0.15, -0.1) is 0 Å². The number of amides is 1. The Kier molecular flexibility index (Phi) is 6.24. The first-order chi connectivity index (χ1) is 11.5. The van der Waals surface area contributed by atoms with Crippen LogP contribution in [0.5, 0.6) is 0 Å². The van der Waals surface area contributed by atoms with Gasteiger partial charge in [0.1, 0.15) is 5.82 Å². The molecule has 1 aromatic heterocycles. The molecule has 1 aliphatic carbocycles. The van der Waals surface area contributed by atoms with E-state index in [4.69, 9.17) is 21.2 Å². The molecule has 2 aromatic rings. The van der Waals surface area contributed by atoms with E-state index in [1.54, 1.807) is 6.20 Å². The average Bonchev–Trinajstić information content (AvgIpc) is 2.49. The molecule has 1 fully saturated rings. The number of nitrogens with one attached hydrogen (secondary N) is 1. The van der Waals surface area contributed by atoms with Gasteiger partial charge >= 0.3 is 6.15 Å². The van der Waals surface area contributed by atoms with Crippen LogP contribution >= 0.6 is 11.6 Å². The minimum Gasteiger partial charge on any atom is -0.310 e. The first kappa shape index (κ1) is 17.9. The van der Waals surface area contributed by atoms with Gasteiger partial charge in [0.25, 0.3) is 0 Å². The van der Waals surface area contributed by atoms with E-state index in [0.717, 1.165) is 36.0 Å². The molecule has 1 saturated carbocycles. The van der Waals surface area contributed by atoms with Crippen molar-refractivity contribution in [2.24, 2.45) is 5.92 Å². The molecule has 1 heterocycles. The number of pyridine rings is 1. The maximum Gasteiger partial charge on any atom is 0.373 e. The van der Waals surface area contributed by atoms with Crippen LogP contribution in [0.1, 0.15) is 24.8 Å². The maximum absolute atomic E-state index is 11.9. The van der Waals surface area contributed by atoms with E-state index in [0.29, 0.717) is 10.8 Å². The Morgan fingerprint density at radius 2 is 1.96 bits per heavy atom. The molecule has 0 bridgehead atoms. The summed E-state index contributed by atoms with van der Waals surface area (Å²) >= 11 is 6.23. The summed E-state index contributed by atoms with van der Waals surface area (Å²) in [6, 6.07) is 9.66. The molecule has 0 spiro atoms. The zero-order chi connectivity index (χ0) is 17.5. The van der Waals surface area contributed by atoms with Gasteiger partial charge < -0.3 is 5.32 Å². The minimum atomic E-state index is 0.0788. The van der Waals surface area contributed by atoms with Crippen molar-refractivity contribution in [3.63, 3.8) is 0 Å². The largest absolute Gasteiger partial charge is 0.373 e. The number of carbonyl (C=O) groups is 1. The molecule has 124 valence electrons. The standard InChI is InChI=1S/C17H17ClN2O.CO2/c1-11-5-7-15(18)14(9-11)13-6-8-16(19-10-13)20-17(21)12-3-2-4-12;2-1-3/h5-10,12H,2-4H2,1H3,(H,19,20,21);. The molecule has 24 heavy (non-hydrogen) atoms. The van der Waals surface area contributed by atoms with E-state index < -0.39 is 0 Å². The Hall–Kier alpha value is -2.49. The number of hydrogen-bond donors (Lipinski definition) is 1. The molecular weight excluding hydrogens is 328 g/mol. The quantitative estimate of drug-likeness (QED) is 0.917. The number of nitrogens with zero attached hydrogens (tertiary/aromatic N) is 1. The predicted molar refractivity (Wildman–Crippen MR) is 90.4 cm³/mol. The average molecular weight is 345 g/mol. The maximum atomic E-state index is 11.9. The third kappa shape index (κ3) is 4.51. The van der Waals surface area contributed by atoms with Crippen molar-refractivity contribution >= 4 is 29.5 Å². The molecule has 0 radical (unpaired) electrons. The summed E-state index contributed by atoms with van der Waals surface area (Å²) in [5.41, 5.74) is 3.06. The molecule has 3 rings (SSSR count). The van der Waals surface area contributed by atoms with E-state index in [1.807, 2.05) is 37.3 Å². The van der Waals surface area contributed by atoms with Crippen LogP contribution in [0.25, 0.3) is 11.1 Å². The first-order valence-electron chi connectivity index (χ1n) is 7.58. The highest BCUT2D eigenvalue weighted by Gasteiger charge is 2.25. The lowest BCUT2D eigenvalue weighted by Crippen LogP contribution is -2.28. The topological polar surface area (TPSA) is 76.1 Å². The van der Waals surface area contributed by atoms with E-state index in [2.05, 4.69) is 10.3 Å². The molecular formula is C18H17ClN2O3. The second-order valence-electron chi connectivity index (χ2n) is 5.62. The van der Waals surface area contributed by atoms with Gasteiger partial charge in [-0.3, -0.25) is 4.79 Å². The Labute approximate surface area is 145 Å². The molecule has 6 heteroatoms. The number of aryl methyl sites for hydroxylation is 1. The molecule has 1 aliphatic rings. The number of rotatable bonds is 3. The fraction of sp³-hybridized carbons (Fsp3) is 0.278. The summed E-state index contributed by atoms with van der Waals surface area (Å²) in [7, 11) is 0. The normalized spacial score (nSPS) is 13.1. The number of halogens is 1. The van der Waals surface area contributed by atoms with Crippen LogP contribution in [0.2, 0.25) is 5.02 Å². The predicted octanol–water partition coefficient (Wildman–Crippen LogP) is 3.87. The molecule has 0 atom stereocenters. The third-order valence-electron chi connectivity index (χ3n) is 3.92. The first-order valence-corrected chi connectivity index (χ1v) is 7.95. The molecule has 5 nitrogen and oxygen atoms in total. The highest BCUT2D eigenvalue weighted by Crippen LogP contribution is 2.30. The number of anilines is 1. The Balaban J connectivity index is 0.000000647. The number of carbonyl (C=O) groups excluding carboxylic acids is 3. The smallest absolute Gasteiger partial charge is 0.310 e. The lowest BCUT2D eigenvalue weighted by molar-refractivity contribution is -0.191. The zero-order valence-corrected chi connectivity index (χ0v) is 14.0. The number of hydrogen-bond acceptors (Lipinski definition) is 4. The molecule has 0 aliphatic heterocycles. The molecule has 1 aromatic carbocycles. The summed E-state index contributed by atoms with van der Waals surface area (Å²) < 4.78 is 0. The Morgan fingerprint density at radius 1 is 1.25 bits per heavy atom. The summed E-state index contributed by atoms with van der Waals surface area (Å²) in [5.74, 6) is 0.840. The second kappa shape index (κ2) is 8.39. The van der Waals surface area contributed by atoms with E-state index >= 15 is 0 Å². The number of benzene rings is 1. The molecule has 0 unspecified atom stereocenters. The van der Waals surface area contributed by atoms with Gasteiger partial charge in [-0.1, -0.05) is 29.7 Å². The van der Waals surface area contributed by atoms with Crippen molar-refractivity contribution in [3.8, 4) is 11.1 Å². The summed E-state index contributed by atoms with van der Waals surface area (Å²) in [5, 5.41) is 3.57. The molecule has 1 amide bonds. The van der Waals surface area contributed by atoms with E-state index in [-0.39, 0.29) is 18.0 Å². The highest BCUT2D eigenvalue weighted by atomic mass is 35.5. The van der Waals surface area contributed by atoms with Gasteiger partial charge in [0.05, 0.1) is 0 Å². The van der Waals surface area contributed by atoms with Gasteiger partial charge in [-0.25, -0.2) is 4.98 Å².